The third kappa shape index (κ3) is 4.70. The lowest BCUT2D eigenvalue weighted by Gasteiger charge is -2.11. The zero-order valence-electron chi connectivity index (χ0n) is 14.6. The molecule has 1 heterocycles. The summed E-state index contributed by atoms with van der Waals surface area (Å²) in [7, 11) is 1.77. The minimum absolute atomic E-state index is 0.584. The predicted octanol–water partition coefficient (Wildman–Crippen LogP) is 3.25. The monoisotopic (exact) mass is 333 g/mol. The first-order chi connectivity index (χ1) is 12.2. The fraction of sp³-hybridized carbons (Fsp3) is 0.200. The van der Waals surface area contributed by atoms with E-state index in [2.05, 4.69) is 68.9 Å². The van der Waals surface area contributed by atoms with Crippen molar-refractivity contribution in [3.8, 4) is 11.3 Å². The van der Waals surface area contributed by atoms with E-state index in [9.17, 15) is 0 Å². The summed E-state index contributed by atoms with van der Waals surface area (Å²) in [4.78, 5) is 12.0. The maximum Gasteiger partial charge on any atom is 0.191 e. The number of imidazole rings is 1. The number of aryl methyl sites for hydroxylation is 1. The van der Waals surface area contributed by atoms with Gasteiger partial charge in [-0.2, -0.15) is 0 Å². The van der Waals surface area contributed by atoms with Gasteiger partial charge in [-0.1, -0.05) is 60.2 Å². The molecule has 0 aliphatic heterocycles. The van der Waals surface area contributed by atoms with Crippen LogP contribution < -0.4 is 10.6 Å². The molecule has 1 aromatic heterocycles. The molecule has 0 saturated carbocycles. The van der Waals surface area contributed by atoms with Crippen LogP contribution in [0.3, 0.4) is 0 Å². The number of hydrogen-bond acceptors (Lipinski definition) is 2. The number of H-pyrrole nitrogens is 1. The summed E-state index contributed by atoms with van der Waals surface area (Å²) in [5.74, 6) is 1.62. The Hall–Kier alpha value is -3.08. The van der Waals surface area contributed by atoms with Crippen molar-refractivity contribution in [2.45, 2.75) is 20.0 Å². The molecule has 0 radical (unpaired) electrons. The number of nitrogens with zero attached hydrogens (tertiary/aromatic N) is 2. The average molecular weight is 333 g/mol. The van der Waals surface area contributed by atoms with Gasteiger partial charge in [-0.3, -0.25) is 4.99 Å². The highest BCUT2D eigenvalue weighted by Gasteiger charge is 2.04. The molecule has 3 aromatic rings. The van der Waals surface area contributed by atoms with Crippen molar-refractivity contribution in [2.75, 3.05) is 7.05 Å². The lowest BCUT2D eigenvalue weighted by atomic mass is 10.1. The van der Waals surface area contributed by atoms with Gasteiger partial charge in [0.15, 0.2) is 5.96 Å². The van der Waals surface area contributed by atoms with Crippen molar-refractivity contribution in [3.63, 3.8) is 0 Å². The molecule has 0 bridgehead atoms. The van der Waals surface area contributed by atoms with E-state index >= 15 is 0 Å². The maximum atomic E-state index is 4.43. The van der Waals surface area contributed by atoms with Gasteiger partial charge in [-0.15, -0.1) is 0 Å². The van der Waals surface area contributed by atoms with E-state index in [0.29, 0.717) is 6.54 Å². The van der Waals surface area contributed by atoms with Crippen molar-refractivity contribution in [1.82, 2.24) is 20.6 Å². The molecule has 2 aromatic carbocycles. The van der Waals surface area contributed by atoms with Crippen molar-refractivity contribution >= 4 is 5.96 Å². The highest BCUT2D eigenvalue weighted by Crippen LogP contribution is 2.15. The Morgan fingerprint density at radius 1 is 1.04 bits per heavy atom. The van der Waals surface area contributed by atoms with Gasteiger partial charge < -0.3 is 15.6 Å². The predicted molar refractivity (Wildman–Crippen MR) is 102 cm³/mol. The van der Waals surface area contributed by atoms with Gasteiger partial charge in [0.1, 0.15) is 5.82 Å². The number of guanidine groups is 1. The molecule has 25 heavy (non-hydrogen) atoms. The molecular weight excluding hydrogens is 310 g/mol. The fourth-order valence-electron chi connectivity index (χ4n) is 2.61. The van der Waals surface area contributed by atoms with Gasteiger partial charge in [-0.05, 0) is 18.1 Å². The topological polar surface area (TPSA) is 65.1 Å². The minimum atomic E-state index is 0.584. The first-order valence-corrected chi connectivity index (χ1v) is 8.34. The summed E-state index contributed by atoms with van der Waals surface area (Å²) in [5.41, 5.74) is 4.63. The Labute approximate surface area is 148 Å². The number of benzene rings is 2. The van der Waals surface area contributed by atoms with Gasteiger partial charge in [0.25, 0.3) is 0 Å². The summed E-state index contributed by atoms with van der Waals surface area (Å²) in [6, 6.07) is 18.6. The molecule has 0 aliphatic carbocycles. The standard InChI is InChI=1S/C20H23N5/c1-15-7-6-8-16(11-15)12-23-20(21-2)24-14-19-22-13-18(25-19)17-9-4-3-5-10-17/h3-11,13H,12,14H2,1-2H3,(H,22,25)(H2,21,23,24). The Morgan fingerprint density at radius 3 is 2.60 bits per heavy atom. The smallest absolute Gasteiger partial charge is 0.191 e. The molecule has 0 spiro atoms. The largest absolute Gasteiger partial charge is 0.352 e. The molecule has 0 aliphatic rings. The lowest BCUT2D eigenvalue weighted by molar-refractivity contribution is 0.782. The van der Waals surface area contributed by atoms with Crippen LogP contribution in [0, 0.1) is 6.92 Å². The number of nitrogens with one attached hydrogen (secondary N) is 3. The summed E-state index contributed by atoms with van der Waals surface area (Å²) in [6.45, 7) is 3.41. The van der Waals surface area contributed by atoms with Crippen LogP contribution >= 0.6 is 0 Å². The fourth-order valence-corrected chi connectivity index (χ4v) is 2.61. The Kier molecular flexibility index (Phi) is 5.46. The lowest BCUT2D eigenvalue weighted by Crippen LogP contribution is -2.36. The van der Waals surface area contributed by atoms with Crippen LogP contribution in [0.4, 0.5) is 0 Å². The van der Waals surface area contributed by atoms with E-state index in [1.54, 1.807) is 7.05 Å². The molecular formula is C20H23N5. The van der Waals surface area contributed by atoms with Crippen LogP contribution in [0.5, 0.6) is 0 Å². The van der Waals surface area contributed by atoms with Crippen LogP contribution in [0.2, 0.25) is 0 Å². The van der Waals surface area contributed by atoms with Gasteiger partial charge in [0.05, 0.1) is 18.4 Å². The summed E-state index contributed by atoms with van der Waals surface area (Å²) in [5, 5.41) is 6.60. The van der Waals surface area contributed by atoms with E-state index in [4.69, 9.17) is 0 Å². The summed E-state index contributed by atoms with van der Waals surface area (Å²) < 4.78 is 0. The van der Waals surface area contributed by atoms with E-state index in [0.717, 1.165) is 29.6 Å². The normalized spacial score (nSPS) is 11.4. The highest BCUT2D eigenvalue weighted by atomic mass is 15.2. The van der Waals surface area contributed by atoms with Gasteiger partial charge in [0.2, 0.25) is 0 Å². The van der Waals surface area contributed by atoms with Crippen LogP contribution in [-0.2, 0) is 13.1 Å². The highest BCUT2D eigenvalue weighted by molar-refractivity contribution is 5.79. The van der Waals surface area contributed by atoms with Crippen LogP contribution in [-0.4, -0.2) is 23.0 Å². The van der Waals surface area contributed by atoms with Crippen LogP contribution in [0.15, 0.2) is 65.8 Å². The van der Waals surface area contributed by atoms with E-state index in [-0.39, 0.29) is 0 Å². The van der Waals surface area contributed by atoms with E-state index in [1.807, 2.05) is 24.4 Å². The molecule has 0 unspecified atom stereocenters. The number of aromatic amines is 1. The summed E-state index contributed by atoms with van der Waals surface area (Å²) in [6.07, 6.45) is 1.86. The first kappa shape index (κ1) is 16.8. The van der Waals surface area contributed by atoms with Crippen molar-refractivity contribution in [2.24, 2.45) is 4.99 Å². The minimum Gasteiger partial charge on any atom is -0.352 e. The Bertz CT molecular complexity index is 836. The van der Waals surface area contributed by atoms with E-state index in [1.165, 1.54) is 11.1 Å². The van der Waals surface area contributed by atoms with Crippen molar-refractivity contribution in [1.29, 1.82) is 0 Å². The number of aromatic nitrogens is 2. The van der Waals surface area contributed by atoms with Gasteiger partial charge in [0, 0.05) is 13.6 Å². The molecule has 128 valence electrons. The van der Waals surface area contributed by atoms with Gasteiger partial charge >= 0.3 is 0 Å². The zero-order chi connectivity index (χ0) is 17.5. The van der Waals surface area contributed by atoms with E-state index < -0.39 is 0 Å². The molecule has 5 nitrogen and oxygen atoms in total. The molecule has 0 amide bonds. The molecule has 3 N–H and O–H groups in total. The van der Waals surface area contributed by atoms with Crippen LogP contribution in [0.25, 0.3) is 11.3 Å². The SMILES string of the molecule is CN=C(NCc1cccc(C)c1)NCc1ncc(-c2ccccc2)[nH]1. The number of hydrogen-bond donors (Lipinski definition) is 3. The second-order valence-electron chi connectivity index (χ2n) is 5.88. The number of rotatable bonds is 5. The zero-order valence-corrected chi connectivity index (χ0v) is 14.6. The van der Waals surface area contributed by atoms with Gasteiger partial charge in [-0.25, -0.2) is 4.98 Å². The average Bonchev–Trinajstić information content (AvgIpc) is 3.12. The van der Waals surface area contributed by atoms with Crippen LogP contribution in [0.1, 0.15) is 17.0 Å². The maximum absolute atomic E-state index is 4.43. The summed E-state index contributed by atoms with van der Waals surface area (Å²) >= 11 is 0. The first-order valence-electron chi connectivity index (χ1n) is 8.34. The molecule has 5 heteroatoms. The Morgan fingerprint density at radius 2 is 1.84 bits per heavy atom. The Balaban J connectivity index is 1.54. The molecule has 0 saturated heterocycles. The van der Waals surface area contributed by atoms with Crippen molar-refractivity contribution < 1.29 is 0 Å². The third-order valence-electron chi connectivity index (χ3n) is 3.90. The second kappa shape index (κ2) is 8.15. The van der Waals surface area contributed by atoms with Crippen molar-refractivity contribution in [3.05, 3.63) is 77.7 Å². The quantitative estimate of drug-likeness (QED) is 0.496. The molecule has 0 atom stereocenters. The molecule has 3 rings (SSSR count). The number of aliphatic imine (C=N–C) groups is 1. The molecule has 0 fully saturated rings. The third-order valence-corrected chi connectivity index (χ3v) is 3.90. The second-order valence-corrected chi connectivity index (χ2v) is 5.88.